The van der Waals surface area contributed by atoms with Gasteiger partial charge in [0.25, 0.3) is 0 Å². The molecule has 1 heterocycles. The highest BCUT2D eigenvalue weighted by molar-refractivity contribution is 6.05. The van der Waals surface area contributed by atoms with Gasteiger partial charge < -0.3 is 4.90 Å². The van der Waals surface area contributed by atoms with Gasteiger partial charge in [0.1, 0.15) is 0 Å². The van der Waals surface area contributed by atoms with Crippen LogP contribution in [-0.2, 0) is 13.0 Å². The van der Waals surface area contributed by atoms with Crippen LogP contribution in [0.25, 0.3) is 0 Å². The fourth-order valence-corrected chi connectivity index (χ4v) is 2.94. The molecule has 1 aliphatic rings. The highest BCUT2D eigenvalue weighted by Gasteiger charge is 2.24. The average molecular weight is 303 g/mol. The quantitative estimate of drug-likeness (QED) is 0.680. The molecular weight excluding hydrogens is 282 g/mol. The van der Waals surface area contributed by atoms with Gasteiger partial charge in [-0.15, -0.1) is 0 Å². The minimum atomic E-state index is -0.308. The topological polar surface area (TPSA) is 20.3 Å². The Kier molecular flexibility index (Phi) is 2.49. The third-order valence-electron chi connectivity index (χ3n) is 4.03. The van der Waals surface area contributed by atoms with Gasteiger partial charge in [0.2, 0.25) is 0 Å². The molecule has 2 heteroatoms. The summed E-state index contributed by atoms with van der Waals surface area (Å²) in [7, 11) is 0. The average Bonchev–Trinajstić information content (AvgIpc) is 2.81. The molecule has 3 aromatic carbocycles. The van der Waals surface area contributed by atoms with E-state index in [0.717, 1.165) is 5.56 Å². The summed E-state index contributed by atoms with van der Waals surface area (Å²) in [6, 6.07) is 16.0. The molecule has 0 atom stereocenters. The Bertz CT molecular complexity index is 1050. The summed E-state index contributed by atoms with van der Waals surface area (Å²) in [5, 5.41) is 0. The standard InChI is InChI=1S/C21H17NO/c23-21-14-17-10-4-6-12-19(17)22(15-16-8-2-1-3-9-16)20-13-7-5-11-18(20)21/h1-13H,14-15H2/i4D,6D,10D,12D. The van der Waals surface area contributed by atoms with Crippen LogP contribution in [0.15, 0.2) is 78.8 Å². The van der Waals surface area contributed by atoms with Crippen LogP contribution in [0.3, 0.4) is 0 Å². The molecule has 0 aliphatic carbocycles. The number of rotatable bonds is 2. The monoisotopic (exact) mass is 303 g/mol. The molecule has 0 unspecified atom stereocenters. The molecule has 2 nitrogen and oxygen atoms in total. The number of hydrogen-bond acceptors (Lipinski definition) is 2. The minimum absolute atomic E-state index is 0.0471. The van der Waals surface area contributed by atoms with Gasteiger partial charge in [-0.05, 0) is 29.3 Å². The van der Waals surface area contributed by atoms with Crippen molar-refractivity contribution >= 4 is 17.2 Å². The Morgan fingerprint density at radius 2 is 1.65 bits per heavy atom. The Hall–Kier alpha value is -2.87. The Labute approximate surface area is 141 Å². The Morgan fingerprint density at radius 1 is 0.913 bits per heavy atom. The zero-order valence-corrected chi connectivity index (χ0v) is 12.5. The van der Waals surface area contributed by atoms with Crippen LogP contribution in [0, 0.1) is 0 Å². The summed E-state index contributed by atoms with van der Waals surface area (Å²) >= 11 is 0. The fourth-order valence-electron chi connectivity index (χ4n) is 2.94. The van der Waals surface area contributed by atoms with Gasteiger partial charge >= 0.3 is 0 Å². The molecule has 0 radical (unpaired) electrons. The van der Waals surface area contributed by atoms with Gasteiger partial charge in [-0.2, -0.15) is 0 Å². The van der Waals surface area contributed by atoms with Crippen molar-refractivity contribution < 1.29 is 10.3 Å². The maximum Gasteiger partial charge on any atom is 0.169 e. The predicted octanol–water partition coefficient (Wildman–Crippen LogP) is 4.76. The molecule has 0 N–H and O–H groups in total. The molecule has 112 valence electrons. The summed E-state index contributed by atoms with van der Waals surface area (Å²) in [4.78, 5) is 14.7. The zero-order valence-electron chi connectivity index (χ0n) is 16.5. The van der Waals surface area contributed by atoms with E-state index in [4.69, 9.17) is 5.48 Å². The number of hydrogen-bond donors (Lipinski definition) is 0. The SMILES string of the molecule is [2H]c1c([2H])c([2H])c2c(c1[2H])CC(=O)c1ccccc1N2Cc1ccccc1. The van der Waals surface area contributed by atoms with Gasteiger partial charge in [0, 0.05) is 24.2 Å². The minimum Gasteiger partial charge on any atom is -0.336 e. The first-order valence-corrected chi connectivity index (χ1v) is 7.52. The number of benzene rings is 3. The first kappa shape index (κ1) is 10.0. The number of ketones is 1. The Balaban J connectivity index is 2.02. The van der Waals surface area contributed by atoms with E-state index in [9.17, 15) is 4.79 Å². The lowest BCUT2D eigenvalue weighted by atomic mass is 10.0. The van der Waals surface area contributed by atoms with E-state index < -0.39 is 0 Å². The third-order valence-corrected chi connectivity index (χ3v) is 4.03. The van der Waals surface area contributed by atoms with Crippen LogP contribution in [0.1, 0.15) is 27.0 Å². The number of fused-ring (bicyclic) bond motifs is 2. The lowest BCUT2D eigenvalue weighted by Gasteiger charge is -2.26. The molecule has 0 saturated heterocycles. The number of carbonyl (C=O) groups is 1. The van der Waals surface area contributed by atoms with E-state index in [2.05, 4.69) is 0 Å². The van der Waals surface area contributed by atoms with E-state index in [1.165, 1.54) is 0 Å². The summed E-state index contributed by atoms with van der Waals surface area (Å²) in [6.45, 7) is 0.403. The normalized spacial score (nSPS) is 15.7. The maximum atomic E-state index is 12.8. The molecule has 0 saturated carbocycles. The second-order valence-electron chi connectivity index (χ2n) is 5.52. The zero-order chi connectivity index (χ0) is 19.1. The number of carbonyl (C=O) groups excluding carboxylic acids is 1. The van der Waals surface area contributed by atoms with Gasteiger partial charge in [-0.3, -0.25) is 4.79 Å². The molecule has 0 spiro atoms. The van der Waals surface area contributed by atoms with Crippen molar-refractivity contribution in [2.75, 3.05) is 4.90 Å². The lowest BCUT2D eigenvalue weighted by Crippen LogP contribution is -2.17. The molecule has 0 bridgehead atoms. The summed E-state index contributed by atoms with van der Waals surface area (Å²) < 4.78 is 32.9. The second-order valence-corrected chi connectivity index (χ2v) is 5.52. The van der Waals surface area contributed by atoms with E-state index in [0.29, 0.717) is 29.0 Å². The van der Waals surface area contributed by atoms with Crippen molar-refractivity contribution in [2.24, 2.45) is 0 Å². The van der Waals surface area contributed by atoms with Crippen molar-refractivity contribution in [2.45, 2.75) is 13.0 Å². The largest absolute Gasteiger partial charge is 0.336 e. The lowest BCUT2D eigenvalue weighted by molar-refractivity contribution is 0.0994. The van der Waals surface area contributed by atoms with Crippen molar-refractivity contribution in [3.05, 3.63) is 95.5 Å². The van der Waals surface area contributed by atoms with Crippen molar-refractivity contribution in [3.63, 3.8) is 0 Å². The maximum absolute atomic E-state index is 12.8. The summed E-state index contributed by atoms with van der Waals surface area (Å²) in [5.41, 5.74) is 2.90. The molecule has 0 fully saturated rings. The number of anilines is 2. The molecule has 4 rings (SSSR count). The number of nitrogens with zero attached hydrogens (tertiary/aromatic N) is 1. The van der Waals surface area contributed by atoms with E-state index in [-0.39, 0.29) is 36.4 Å². The fraction of sp³-hybridized carbons (Fsp3) is 0.0952. The van der Waals surface area contributed by atoms with Crippen LogP contribution < -0.4 is 4.90 Å². The van der Waals surface area contributed by atoms with Crippen LogP contribution >= 0.6 is 0 Å². The van der Waals surface area contributed by atoms with E-state index in [1.54, 1.807) is 12.1 Å². The molecule has 1 aliphatic heterocycles. The molecule has 0 aromatic heterocycles. The van der Waals surface area contributed by atoms with Crippen molar-refractivity contribution in [1.82, 2.24) is 0 Å². The van der Waals surface area contributed by atoms with Crippen molar-refractivity contribution in [3.8, 4) is 0 Å². The highest BCUT2D eigenvalue weighted by atomic mass is 16.1. The molecular formula is C21H17NO. The van der Waals surface area contributed by atoms with Crippen LogP contribution in [0.4, 0.5) is 11.4 Å². The molecule has 23 heavy (non-hydrogen) atoms. The van der Waals surface area contributed by atoms with Crippen LogP contribution in [0.2, 0.25) is 0 Å². The molecule has 0 amide bonds. The van der Waals surface area contributed by atoms with Gasteiger partial charge in [-0.25, -0.2) is 0 Å². The summed E-state index contributed by atoms with van der Waals surface area (Å²) in [5.74, 6) is -0.146. The van der Waals surface area contributed by atoms with Crippen LogP contribution in [0.5, 0.6) is 0 Å². The predicted molar refractivity (Wildman–Crippen MR) is 93.2 cm³/mol. The highest BCUT2D eigenvalue weighted by Crippen LogP contribution is 2.36. The van der Waals surface area contributed by atoms with E-state index >= 15 is 0 Å². The van der Waals surface area contributed by atoms with E-state index in [1.807, 2.05) is 47.4 Å². The number of para-hydroxylation sites is 2. The first-order chi connectivity index (χ1) is 13.0. The van der Waals surface area contributed by atoms with Crippen LogP contribution in [-0.4, -0.2) is 5.78 Å². The second kappa shape index (κ2) is 5.73. The van der Waals surface area contributed by atoms with Crippen molar-refractivity contribution in [1.29, 1.82) is 0 Å². The Morgan fingerprint density at radius 3 is 2.52 bits per heavy atom. The van der Waals surface area contributed by atoms with Gasteiger partial charge in [0.05, 0.1) is 11.2 Å². The summed E-state index contributed by atoms with van der Waals surface area (Å²) in [6.07, 6.45) is -0.0471. The molecule has 3 aromatic rings. The van der Waals surface area contributed by atoms with Gasteiger partial charge in [-0.1, -0.05) is 60.6 Å². The smallest absolute Gasteiger partial charge is 0.169 e. The third kappa shape index (κ3) is 2.53. The van der Waals surface area contributed by atoms with Gasteiger partial charge in [0.15, 0.2) is 5.78 Å². The number of Topliss-reactive ketones (excluding diaryl/α,β-unsaturated/α-hetero) is 1. The first-order valence-electron chi connectivity index (χ1n) is 9.52.